The van der Waals surface area contributed by atoms with E-state index < -0.39 is 11.7 Å². The second-order valence-electron chi connectivity index (χ2n) is 8.38. The van der Waals surface area contributed by atoms with Gasteiger partial charge in [0.15, 0.2) is 11.7 Å². The number of amides is 1. The number of ketones is 1. The number of carbonyl (C=O) groups excluding carboxylic acids is 2. The van der Waals surface area contributed by atoms with Crippen LogP contribution in [0.25, 0.3) is 16.3 Å². The fraction of sp³-hybridized carbons (Fsp3) is 0.320. The van der Waals surface area contributed by atoms with E-state index in [1.165, 1.54) is 22.3 Å². The second-order valence-corrected chi connectivity index (χ2v) is 9.46. The summed E-state index contributed by atoms with van der Waals surface area (Å²) < 4.78 is 0. The summed E-state index contributed by atoms with van der Waals surface area (Å²) in [6.07, 6.45) is 8.37. The quantitative estimate of drug-likeness (QED) is 0.584. The van der Waals surface area contributed by atoms with Crippen LogP contribution in [-0.2, 0) is 22.4 Å². The van der Waals surface area contributed by atoms with Gasteiger partial charge in [0.25, 0.3) is 5.56 Å². The number of nitrogens with zero attached hydrogens (tertiary/aromatic N) is 3. The third-order valence-electron chi connectivity index (χ3n) is 6.25. The molecule has 3 aromatic rings. The van der Waals surface area contributed by atoms with Crippen LogP contribution in [0.2, 0.25) is 0 Å². The highest BCUT2D eigenvalue weighted by Gasteiger charge is 2.25. The van der Waals surface area contributed by atoms with Gasteiger partial charge < -0.3 is 9.88 Å². The zero-order valence-corrected chi connectivity index (χ0v) is 18.8. The van der Waals surface area contributed by atoms with E-state index >= 15 is 0 Å². The standard InChI is InChI=1S/C25H22N4O3S/c26-14-18(23-27-24(32)22-17-4-1-2-5-20(17)33-25(22)28-23)19(30)12-9-15-7-10-16(11-8-15)29-13-3-6-21(29)31/h7-12,18H,1-6,13H2,(H,27,28,32)/b12-9+. The lowest BCUT2D eigenvalue weighted by atomic mass is 9.97. The van der Waals surface area contributed by atoms with Crippen LogP contribution in [0.15, 0.2) is 35.1 Å². The van der Waals surface area contributed by atoms with Crippen LogP contribution in [-0.4, -0.2) is 28.2 Å². The summed E-state index contributed by atoms with van der Waals surface area (Å²) >= 11 is 1.49. The van der Waals surface area contributed by atoms with Crippen molar-refractivity contribution in [1.29, 1.82) is 5.26 Å². The maximum Gasteiger partial charge on any atom is 0.259 e. The number of aromatic amines is 1. The van der Waals surface area contributed by atoms with Crippen molar-refractivity contribution in [2.45, 2.75) is 44.4 Å². The monoisotopic (exact) mass is 458 g/mol. The second kappa shape index (κ2) is 8.75. The SMILES string of the molecule is N#CC(C(=O)/C=C/c1ccc(N2CCCC2=O)cc1)c1nc2sc3c(c2c(=O)[nH]1)CCCC3. The van der Waals surface area contributed by atoms with Gasteiger partial charge in [-0.2, -0.15) is 5.26 Å². The van der Waals surface area contributed by atoms with Crippen molar-refractivity contribution in [2.24, 2.45) is 0 Å². The van der Waals surface area contributed by atoms with E-state index in [1.54, 1.807) is 11.0 Å². The van der Waals surface area contributed by atoms with Crippen LogP contribution in [0.3, 0.4) is 0 Å². The highest BCUT2D eigenvalue weighted by molar-refractivity contribution is 7.18. The Balaban J connectivity index is 1.37. The van der Waals surface area contributed by atoms with Crippen molar-refractivity contribution < 1.29 is 9.59 Å². The maximum atomic E-state index is 12.8. The summed E-state index contributed by atoms with van der Waals surface area (Å²) in [6.45, 7) is 0.721. The number of allylic oxidation sites excluding steroid dienone is 1. The molecule has 0 radical (unpaired) electrons. The number of rotatable bonds is 5. The molecule has 7 nitrogen and oxygen atoms in total. The van der Waals surface area contributed by atoms with Gasteiger partial charge in [-0.25, -0.2) is 4.98 Å². The Labute approximate surface area is 194 Å². The van der Waals surface area contributed by atoms with Gasteiger partial charge in [-0.3, -0.25) is 14.4 Å². The largest absolute Gasteiger partial charge is 0.312 e. The summed E-state index contributed by atoms with van der Waals surface area (Å²) in [5.41, 5.74) is 2.40. The normalized spacial score (nSPS) is 16.8. The highest BCUT2D eigenvalue weighted by Crippen LogP contribution is 2.34. The van der Waals surface area contributed by atoms with E-state index in [0.717, 1.165) is 55.5 Å². The molecular weight excluding hydrogens is 436 g/mol. The minimum atomic E-state index is -1.18. The number of thiophene rings is 1. The number of benzene rings is 1. The summed E-state index contributed by atoms with van der Waals surface area (Å²) in [5.74, 6) is -1.42. The summed E-state index contributed by atoms with van der Waals surface area (Å²) in [5, 5.41) is 10.3. The smallest absolute Gasteiger partial charge is 0.259 e. The number of carbonyl (C=O) groups is 2. The Kier molecular flexibility index (Phi) is 5.65. The molecule has 1 aromatic carbocycles. The molecule has 1 fully saturated rings. The van der Waals surface area contributed by atoms with Gasteiger partial charge >= 0.3 is 0 Å². The molecule has 2 aromatic heterocycles. The van der Waals surface area contributed by atoms with Crippen molar-refractivity contribution in [3.8, 4) is 6.07 Å². The number of anilines is 1. The predicted octanol–water partition coefficient (Wildman–Crippen LogP) is 3.88. The van der Waals surface area contributed by atoms with Crippen molar-refractivity contribution in [3.05, 3.63) is 62.5 Å². The number of aryl methyl sites for hydroxylation is 2. The Morgan fingerprint density at radius 3 is 2.67 bits per heavy atom. The molecule has 1 atom stereocenters. The number of nitrogens with one attached hydrogen (secondary N) is 1. The molecule has 0 bridgehead atoms. The fourth-order valence-electron chi connectivity index (χ4n) is 4.54. The lowest BCUT2D eigenvalue weighted by Gasteiger charge is -2.15. The third-order valence-corrected chi connectivity index (χ3v) is 7.43. The van der Waals surface area contributed by atoms with Crippen molar-refractivity contribution in [3.63, 3.8) is 0 Å². The lowest BCUT2D eigenvalue weighted by Crippen LogP contribution is -2.23. The number of hydrogen-bond donors (Lipinski definition) is 1. The number of nitriles is 1. The van der Waals surface area contributed by atoms with Gasteiger partial charge in [0.05, 0.1) is 11.5 Å². The molecule has 1 N–H and O–H groups in total. The minimum Gasteiger partial charge on any atom is -0.312 e. The Hall–Kier alpha value is -3.57. The zero-order valence-electron chi connectivity index (χ0n) is 18.0. The summed E-state index contributed by atoms with van der Waals surface area (Å²) in [6, 6.07) is 9.34. The van der Waals surface area contributed by atoms with E-state index in [1.807, 2.05) is 30.3 Å². The van der Waals surface area contributed by atoms with Gasteiger partial charge in [-0.15, -0.1) is 11.3 Å². The van der Waals surface area contributed by atoms with E-state index in [4.69, 9.17) is 0 Å². The molecule has 1 amide bonds. The van der Waals surface area contributed by atoms with Crippen LogP contribution >= 0.6 is 11.3 Å². The van der Waals surface area contributed by atoms with Gasteiger partial charge in [-0.1, -0.05) is 18.2 Å². The average molecular weight is 459 g/mol. The van der Waals surface area contributed by atoms with Crippen molar-refractivity contribution in [1.82, 2.24) is 9.97 Å². The molecule has 3 heterocycles. The van der Waals surface area contributed by atoms with Crippen LogP contribution in [0.1, 0.15) is 53.4 Å². The van der Waals surface area contributed by atoms with Crippen molar-refractivity contribution >= 4 is 45.0 Å². The van der Waals surface area contributed by atoms with Crippen LogP contribution in [0.4, 0.5) is 5.69 Å². The van der Waals surface area contributed by atoms with Gasteiger partial charge in [0.2, 0.25) is 5.91 Å². The van der Waals surface area contributed by atoms with E-state index in [-0.39, 0.29) is 17.3 Å². The molecule has 166 valence electrons. The van der Waals surface area contributed by atoms with Gasteiger partial charge in [-0.05, 0) is 61.4 Å². The molecule has 0 spiro atoms. The van der Waals surface area contributed by atoms with E-state index in [0.29, 0.717) is 16.6 Å². The molecule has 2 aliphatic rings. The zero-order chi connectivity index (χ0) is 22.9. The van der Waals surface area contributed by atoms with E-state index in [2.05, 4.69) is 9.97 Å². The Morgan fingerprint density at radius 1 is 1.15 bits per heavy atom. The van der Waals surface area contributed by atoms with Gasteiger partial charge in [0.1, 0.15) is 10.7 Å². The first-order chi connectivity index (χ1) is 16.0. The maximum absolute atomic E-state index is 12.8. The summed E-state index contributed by atoms with van der Waals surface area (Å²) in [4.78, 5) is 48.2. The Bertz CT molecular complexity index is 1380. The predicted molar refractivity (Wildman–Crippen MR) is 127 cm³/mol. The van der Waals surface area contributed by atoms with Crippen LogP contribution < -0.4 is 10.5 Å². The van der Waals surface area contributed by atoms with Crippen LogP contribution in [0, 0.1) is 11.3 Å². The molecule has 0 saturated carbocycles. The van der Waals surface area contributed by atoms with Crippen LogP contribution in [0.5, 0.6) is 0 Å². The molecular formula is C25H22N4O3S. The number of hydrogen-bond acceptors (Lipinski definition) is 6. The summed E-state index contributed by atoms with van der Waals surface area (Å²) in [7, 11) is 0. The molecule has 1 saturated heterocycles. The molecule has 1 aliphatic heterocycles. The molecule has 1 aliphatic carbocycles. The highest BCUT2D eigenvalue weighted by atomic mass is 32.1. The lowest BCUT2D eigenvalue weighted by molar-refractivity contribution is -0.117. The third kappa shape index (κ3) is 4.00. The number of H-pyrrole nitrogens is 1. The first kappa shape index (κ1) is 21.3. The Morgan fingerprint density at radius 2 is 1.94 bits per heavy atom. The van der Waals surface area contributed by atoms with Crippen molar-refractivity contribution in [2.75, 3.05) is 11.4 Å². The first-order valence-electron chi connectivity index (χ1n) is 11.1. The topological polar surface area (TPSA) is 107 Å². The van der Waals surface area contributed by atoms with Gasteiger partial charge in [0, 0.05) is 23.5 Å². The molecule has 1 unspecified atom stereocenters. The molecule has 5 rings (SSSR count). The average Bonchev–Trinajstić information content (AvgIpc) is 3.42. The fourth-order valence-corrected chi connectivity index (χ4v) is 5.81. The first-order valence-corrected chi connectivity index (χ1v) is 11.9. The van der Waals surface area contributed by atoms with E-state index in [9.17, 15) is 19.6 Å². The molecule has 8 heteroatoms. The minimum absolute atomic E-state index is 0.0890. The molecule has 33 heavy (non-hydrogen) atoms. The number of fused-ring (bicyclic) bond motifs is 3. The number of aromatic nitrogens is 2.